The van der Waals surface area contributed by atoms with Crippen molar-refractivity contribution in [2.24, 2.45) is 7.05 Å². The van der Waals surface area contributed by atoms with Crippen molar-refractivity contribution in [1.82, 2.24) is 19.8 Å². The van der Waals surface area contributed by atoms with Crippen LogP contribution < -0.4 is 10.0 Å². The summed E-state index contributed by atoms with van der Waals surface area (Å²) < 4.78 is 28.8. The topological polar surface area (TPSA) is 76.0 Å². The minimum absolute atomic E-state index is 0.243. The highest BCUT2D eigenvalue weighted by molar-refractivity contribution is 7.89. The summed E-state index contributed by atoms with van der Waals surface area (Å²) in [6, 6.07) is 1.72. The molecule has 0 amide bonds. The van der Waals surface area contributed by atoms with Crippen LogP contribution in [0.3, 0.4) is 0 Å². The van der Waals surface area contributed by atoms with Crippen molar-refractivity contribution in [3.8, 4) is 0 Å². The maximum atomic E-state index is 12.3. The Bertz CT molecular complexity index is 688. The van der Waals surface area contributed by atoms with Crippen molar-refractivity contribution in [3.05, 3.63) is 33.8 Å². The Morgan fingerprint density at radius 1 is 1.40 bits per heavy atom. The fraction of sp³-hybridized carbons (Fsp3) is 0.417. The number of nitrogens with one attached hydrogen (secondary N) is 2. The third-order valence-corrected chi connectivity index (χ3v) is 5.50. The quantitative estimate of drug-likeness (QED) is 0.833. The van der Waals surface area contributed by atoms with E-state index < -0.39 is 10.0 Å². The lowest BCUT2D eigenvalue weighted by atomic mass is 10.4. The summed E-state index contributed by atoms with van der Waals surface area (Å²) in [6.07, 6.45) is 3.44. The summed E-state index contributed by atoms with van der Waals surface area (Å²) in [5.41, 5.74) is 0.833. The molecule has 2 N–H and O–H groups in total. The predicted molar refractivity (Wildman–Crippen MR) is 79.1 cm³/mol. The molecule has 0 aliphatic heterocycles. The van der Waals surface area contributed by atoms with Crippen LogP contribution in [0, 0.1) is 6.92 Å². The van der Waals surface area contributed by atoms with Gasteiger partial charge in [-0.15, -0.1) is 11.3 Å². The normalized spacial score (nSPS) is 11.9. The molecule has 0 aliphatic rings. The van der Waals surface area contributed by atoms with E-state index in [9.17, 15) is 8.42 Å². The molecular formula is C12H18N4O2S2. The van der Waals surface area contributed by atoms with Gasteiger partial charge in [0.25, 0.3) is 0 Å². The second-order valence-electron chi connectivity index (χ2n) is 4.51. The number of rotatable bonds is 6. The van der Waals surface area contributed by atoms with Gasteiger partial charge in [-0.3, -0.25) is 4.68 Å². The lowest BCUT2D eigenvalue weighted by molar-refractivity contribution is 0.581. The molecule has 0 spiro atoms. The van der Waals surface area contributed by atoms with Crippen LogP contribution in [0.2, 0.25) is 0 Å². The maximum Gasteiger partial charge on any atom is 0.241 e. The van der Waals surface area contributed by atoms with Gasteiger partial charge < -0.3 is 5.32 Å². The van der Waals surface area contributed by atoms with Crippen molar-refractivity contribution in [1.29, 1.82) is 0 Å². The van der Waals surface area contributed by atoms with E-state index >= 15 is 0 Å². The highest BCUT2D eigenvalue weighted by Crippen LogP contribution is 2.25. The van der Waals surface area contributed by atoms with E-state index in [1.807, 2.05) is 14.0 Å². The Morgan fingerprint density at radius 3 is 2.75 bits per heavy atom. The number of aromatic nitrogens is 2. The lowest BCUT2D eigenvalue weighted by Gasteiger charge is -2.04. The molecule has 0 bridgehead atoms. The first-order valence-corrected chi connectivity index (χ1v) is 8.43. The van der Waals surface area contributed by atoms with E-state index in [-0.39, 0.29) is 6.54 Å². The van der Waals surface area contributed by atoms with Crippen LogP contribution in [0.1, 0.15) is 15.3 Å². The second kappa shape index (κ2) is 6.04. The number of aryl methyl sites for hydroxylation is 2. The zero-order valence-corrected chi connectivity index (χ0v) is 13.3. The summed E-state index contributed by atoms with van der Waals surface area (Å²) in [5.74, 6) is 0. The molecule has 0 atom stereocenters. The van der Waals surface area contributed by atoms with Crippen LogP contribution in [0.5, 0.6) is 0 Å². The minimum Gasteiger partial charge on any atom is -0.315 e. The molecule has 8 heteroatoms. The van der Waals surface area contributed by atoms with Gasteiger partial charge in [0, 0.05) is 41.7 Å². The average Bonchev–Trinajstić information content (AvgIpc) is 2.94. The van der Waals surface area contributed by atoms with Gasteiger partial charge in [-0.2, -0.15) is 5.10 Å². The summed E-state index contributed by atoms with van der Waals surface area (Å²) in [6.45, 7) is 2.74. The summed E-state index contributed by atoms with van der Waals surface area (Å²) in [7, 11) is 0.152. The molecule has 0 unspecified atom stereocenters. The third-order valence-electron chi connectivity index (χ3n) is 2.79. The predicted octanol–water partition coefficient (Wildman–Crippen LogP) is 0.988. The minimum atomic E-state index is -3.48. The molecule has 2 heterocycles. The van der Waals surface area contributed by atoms with Gasteiger partial charge in [-0.25, -0.2) is 13.1 Å². The van der Waals surface area contributed by atoms with Crippen molar-refractivity contribution in [2.45, 2.75) is 24.9 Å². The smallest absolute Gasteiger partial charge is 0.241 e. The van der Waals surface area contributed by atoms with E-state index in [0.717, 1.165) is 15.3 Å². The van der Waals surface area contributed by atoms with E-state index in [1.54, 1.807) is 30.2 Å². The standard InChI is InChI=1S/C12H18N4O2S2/c1-9-12(4-11(19-9)7-13-2)20(17,18)15-6-10-5-14-16(3)8-10/h4-5,8,13,15H,6-7H2,1-3H3. The number of hydrogen-bond acceptors (Lipinski definition) is 5. The molecule has 0 aliphatic carbocycles. The van der Waals surface area contributed by atoms with E-state index in [2.05, 4.69) is 15.1 Å². The second-order valence-corrected chi connectivity index (χ2v) is 7.59. The van der Waals surface area contributed by atoms with Crippen LogP contribution in [0.4, 0.5) is 0 Å². The van der Waals surface area contributed by atoms with E-state index in [1.165, 1.54) is 11.3 Å². The monoisotopic (exact) mass is 314 g/mol. The highest BCUT2D eigenvalue weighted by atomic mass is 32.2. The van der Waals surface area contributed by atoms with Crippen LogP contribution in [-0.4, -0.2) is 25.2 Å². The summed E-state index contributed by atoms with van der Waals surface area (Å²) in [5, 5.41) is 7.03. The molecule has 20 heavy (non-hydrogen) atoms. The van der Waals surface area contributed by atoms with Crippen LogP contribution in [0.15, 0.2) is 23.4 Å². The Kier molecular flexibility index (Phi) is 4.59. The average molecular weight is 314 g/mol. The molecular weight excluding hydrogens is 296 g/mol. The van der Waals surface area contributed by atoms with Crippen LogP contribution in [0.25, 0.3) is 0 Å². The molecule has 6 nitrogen and oxygen atoms in total. The van der Waals surface area contributed by atoms with Gasteiger partial charge in [0.15, 0.2) is 0 Å². The number of nitrogens with zero attached hydrogens (tertiary/aromatic N) is 2. The molecule has 110 valence electrons. The summed E-state index contributed by atoms with van der Waals surface area (Å²) >= 11 is 1.49. The fourth-order valence-corrected chi connectivity index (χ4v) is 4.53. The Labute approximate surface area is 122 Å². The Balaban J connectivity index is 2.13. The number of sulfonamides is 1. The van der Waals surface area contributed by atoms with Crippen molar-refractivity contribution in [3.63, 3.8) is 0 Å². The van der Waals surface area contributed by atoms with Gasteiger partial charge in [-0.1, -0.05) is 0 Å². The number of hydrogen-bond donors (Lipinski definition) is 2. The first kappa shape index (κ1) is 15.2. The number of thiophene rings is 1. The molecule has 2 rings (SSSR count). The maximum absolute atomic E-state index is 12.3. The lowest BCUT2D eigenvalue weighted by Crippen LogP contribution is -2.23. The van der Waals surface area contributed by atoms with Gasteiger partial charge in [0.05, 0.1) is 11.1 Å². The first-order valence-electron chi connectivity index (χ1n) is 6.13. The Morgan fingerprint density at radius 2 is 2.15 bits per heavy atom. The van der Waals surface area contributed by atoms with E-state index in [4.69, 9.17) is 0 Å². The van der Waals surface area contributed by atoms with E-state index in [0.29, 0.717) is 11.4 Å². The molecule has 2 aromatic heterocycles. The molecule has 0 saturated carbocycles. The zero-order chi connectivity index (χ0) is 14.8. The van der Waals surface area contributed by atoms with Crippen molar-refractivity contribution in [2.75, 3.05) is 7.05 Å². The van der Waals surface area contributed by atoms with Gasteiger partial charge in [-0.05, 0) is 20.0 Å². The molecule has 0 saturated heterocycles. The van der Waals surface area contributed by atoms with Gasteiger partial charge in [0.2, 0.25) is 10.0 Å². The summed E-state index contributed by atoms with van der Waals surface area (Å²) in [4.78, 5) is 2.16. The Hall–Kier alpha value is -1.22. The highest BCUT2D eigenvalue weighted by Gasteiger charge is 2.19. The first-order chi connectivity index (χ1) is 9.42. The van der Waals surface area contributed by atoms with Crippen LogP contribution >= 0.6 is 11.3 Å². The molecule has 0 aromatic carbocycles. The van der Waals surface area contributed by atoms with Gasteiger partial charge >= 0.3 is 0 Å². The van der Waals surface area contributed by atoms with Crippen molar-refractivity contribution >= 4 is 21.4 Å². The molecule has 0 fully saturated rings. The third kappa shape index (κ3) is 3.45. The fourth-order valence-electron chi connectivity index (χ4n) is 1.87. The molecule has 2 aromatic rings. The zero-order valence-electron chi connectivity index (χ0n) is 11.7. The van der Waals surface area contributed by atoms with Crippen LogP contribution in [-0.2, 0) is 30.2 Å². The SMILES string of the molecule is CNCc1cc(S(=O)(=O)NCc2cnn(C)c2)c(C)s1. The van der Waals surface area contributed by atoms with Crippen molar-refractivity contribution < 1.29 is 8.42 Å². The molecule has 0 radical (unpaired) electrons. The largest absolute Gasteiger partial charge is 0.315 e. The van der Waals surface area contributed by atoms with Gasteiger partial charge in [0.1, 0.15) is 0 Å².